The molecule has 3 nitrogen and oxygen atoms in total. The standard InChI is InChI=1S/C17H18N2O/c1-2-17-19-15-12-14(8-9-16(15)20-17)18-11-10-13-6-4-3-5-7-13/h3-9,12,18H,2,10-11H2,1H3. The molecule has 1 heterocycles. The molecular weight excluding hydrogens is 248 g/mol. The molecule has 1 aromatic heterocycles. The first kappa shape index (κ1) is 12.7. The van der Waals surface area contributed by atoms with Gasteiger partial charge in [-0.3, -0.25) is 0 Å². The molecule has 0 unspecified atom stereocenters. The van der Waals surface area contributed by atoms with Gasteiger partial charge in [0.1, 0.15) is 5.52 Å². The van der Waals surface area contributed by atoms with Gasteiger partial charge in [0.2, 0.25) is 0 Å². The van der Waals surface area contributed by atoms with Crippen LogP contribution in [0.5, 0.6) is 0 Å². The van der Waals surface area contributed by atoms with Crippen molar-refractivity contribution in [3.05, 3.63) is 60.0 Å². The maximum absolute atomic E-state index is 5.61. The second-order valence-corrected chi connectivity index (χ2v) is 4.81. The molecule has 0 radical (unpaired) electrons. The molecule has 3 rings (SSSR count). The first-order valence-electron chi connectivity index (χ1n) is 7.02. The van der Waals surface area contributed by atoms with Crippen molar-refractivity contribution >= 4 is 16.8 Å². The Bertz CT molecular complexity index is 689. The van der Waals surface area contributed by atoms with Crippen molar-refractivity contribution in [2.24, 2.45) is 0 Å². The van der Waals surface area contributed by atoms with E-state index < -0.39 is 0 Å². The molecular formula is C17H18N2O. The third-order valence-corrected chi connectivity index (χ3v) is 3.32. The molecule has 0 bridgehead atoms. The Labute approximate surface area is 118 Å². The van der Waals surface area contributed by atoms with E-state index in [1.807, 2.05) is 31.2 Å². The smallest absolute Gasteiger partial charge is 0.195 e. The number of oxazole rings is 1. The maximum Gasteiger partial charge on any atom is 0.195 e. The fourth-order valence-electron chi connectivity index (χ4n) is 2.23. The predicted octanol–water partition coefficient (Wildman–Crippen LogP) is 4.04. The summed E-state index contributed by atoms with van der Waals surface area (Å²) >= 11 is 0. The third-order valence-electron chi connectivity index (χ3n) is 3.32. The summed E-state index contributed by atoms with van der Waals surface area (Å²) in [6.07, 6.45) is 1.84. The Balaban J connectivity index is 1.65. The monoisotopic (exact) mass is 266 g/mol. The summed E-state index contributed by atoms with van der Waals surface area (Å²) in [5.74, 6) is 0.793. The summed E-state index contributed by atoms with van der Waals surface area (Å²) in [5, 5.41) is 3.43. The largest absolute Gasteiger partial charge is 0.441 e. The first-order valence-corrected chi connectivity index (χ1v) is 7.02. The number of fused-ring (bicyclic) bond motifs is 1. The lowest BCUT2D eigenvalue weighted by Crippen LogP contribution is -2.04. The average molecular weight is 266 g/mol. The number of aryl methyl sites for hydroxylation is 1. The van der Waals surface area contributed by atoms with Gasteiger partial charge in [-0.05, 0) is 30.2 Å². The molecule has 0 amide bonds. The highest BCUT2D eigenvalue weighted by molar-refractivity contribution is 5.77. The van der Waals surface area contributed by atoms with E-state index in [0.29, 0.717) is 0 Å². The van der Waals surface area contributed by atoms with Crippen LogP contribution >= 0.6 is 0 Å². The van der Waals surface area contributed by atoms with Gasteiger partial charge in [-0.25, -0.2) is 4.98 Å². The van der Waals surface area contributed by atoms with E-state index in [1.165, 1.54) is 5.56 Å². The molecule has 1 N–H and O–H groups in total. The van der Waals surface area contributed by atoms with Crippen molar-refractivity contribution in [3.8, 4) is 0 Å². The topological polar surface area (TPSA) is 38.1 Å². The van der Waals surface area contributed by atoms with Crippen LogP contribution in [0.15, 0.2) is 52.9 Å². The van der Waals surface area contributed by atoms with Gasteiger partial charge in [0.25, 0.3) is 0 Å². The van der Waals surface area contributed by atoms with E-state index in [4.69, 9.17) is 4.42 Å². The quantitative estimate of drug-likeness (QED) is 0.757. The van der Waals surface area contributed by atoms with E-state index >= 15 is 0 Å². The van der Waals surface area contributed by atoms with Crippen LogP contribution in [0.1, 0.15) is 18.4 Å². The number of hydrogen-bond acceptors (Lipinski definition) is 3. The van der Waals surface area contributed by atoms with Crippen molar-refractivity contribution in [2.45, 2.75) is 19.8 Å². The summed E-state index contributed by atoms with van der Waals surface area (Å²) in [6, 6.07) is 16.5. The van der Waals surface area contributed by atoms with E-state index in [9.17, 15) is 0 Å². The van der Waals surface area contributed by atoms with Crippen LogP contribution in [-0.2, 0) is 12.8 Å². The van der Waals surface area contributed by atoms with Crippen LogP contribution in [0.25, 0.3) is 11.1 Å². The van der Waals surface area contributed by atoms with Crippen molar-refractivity contribution in [1.29, 1.82) is 0 Å². The summed E-state index contributed by atoms with van der Waals surface area (Å²) < 4.78 is 5.61. The Morgan fingerprint density at radius 2 is 1.95 bits per heavy atom. The summed E-state index contributed by atoms with van der Waals surface area (Å²) in [7, 11) is 0. The van der Waals surface area contributed by atoms with E-state index in [0.717, 1.165) is 42.1 Å². The Hall–Kier alpha value is -2.29. The SMILES string of the molecule is CCc1nc2cc(NCCc3ccccc3)ccc2o1. The highest BCUT2D eigenvalue weighted by Crippen LogP contribution is 2.20. The zero-order valence-electron chi connectivity index (χ0n) is 11.6. The van der Waals surface area contributed by atoms with Gasteiger partial charge in [0.05, 0.1) is 0 Å². The minimum Gasteiger partial charge on any atom is -0.441 e. The molecule has 3 heteroatoms. The average Bonchev–Trinajstić information content (AvgIpc) is 2.91. The van der Waals surface area contributed by atoms with Crippen LogP contribution in [-0.4, -0.2) is 11.5 Å². The number of hydrogen-bond donors (Lipinski definition) is 1. The number of anilines is 1. The molecule has 0 saturated heterocycles. The second-order valence-electron chi connectivity index (χ2n) is 4.81. The maximum atomic E-state index is 5.61. The Morgan fingerprint density at radius 3 is 2.75 bits per heavy atom. The van der Waals surface area contributed by atoms with Crippen molar-refractivity contribution in [3.63, 3.8) is 0 Å². The molecule has 0 fully saturated rings. The molecule has 0 aliphatic heterocycles. The first-order chi connectivity index (χ1) is 9.85. The van der Waals surface area contributed by atoms with Gasteiger partial charge in [-0.2, -0.15) is 0 Å². The lowest BCUT2D eigenvalue weighted by Gasteiger charge is -2.06. The normalized spacial score (nSPS) is 10.8. The van der Waals surface area contributed by atoms with Gasteiger partial charge in [0, 0.05) is 18.7 Å². The lowest BCUT2D eigenvalue weighted by molar-refractivity contribution is 0.538. The lowest BCUT2D eigenvalue weighted by atomic mass is 10.1. The molecule has 20 heavy (non-hydrogen) atoms. The van der Waals surface area contributed by atoms with Gasteiger partial charge in [0.15, 0.2) is 11.5 Å². The number of benzene rings is 2. The molecule has 102 valence electrons. The van der Waals surface area contributed by atoms with Gasteiger partial charge in [-0.1, -0.05) is 37.3 Å². The molecule has 0 spiro atoms. The zero-order chi connectivity index (χ0) is 13.8. The number of rotatable bonds is 5. The fraction of sp³-hybridized carbons (Fsp3) is 0.235. The van der Waals surface area contributed by atoms with Crippen LogP contribution in [0.3, 0.4) is 0 Å². The van der Waals surface area contributed by atoms with Gasteiger partial charge in [-0.15, -0.1) is 0 Å². The summed E-state index contributed by atoms with van der Waals surface area (Å²) in [4.78, 5) is 4.45. The molecule has 0 aliphatic rings. The van der Waals surface area contributed by atoms with Crippen LogP contribution < -0.4 is 5.32 Å². The van der Waals surface area contributed by atoms with Gasteiger partial charge >= 0.3 is 0 Å². The van der Waals surface area contributed by atoms with E-state index in [-0.39, 0.29) is 0 Å². The zero-order valence-corrected chi connectivity index (χ0v) is 11.6. The van der Waals surface area contributed by atoms with Crippen molar-refractivity contribution in [1.82, 2.24) is 4.98 Å². The highest BCUT2D eigenvalue weighted by atomic mass is 16.3. The predicted molar refractivity (Wildman–Crippen MR) is 82.0 cm³/mol. The van der Waals surface area contributed by atoms with Crippen LogP contribution in [0.4, 0.5) is 5.69 Å². The van der Waals surface area contributed by atoms with Gasteiger partial charge < -0.3 is 9.73 Å². The minimum atomic E-state index is 0.793. The van der Waals surface area contributed by atoms with E-state index in [2.05, 4.69) is 34.6 Å². The fourth-order valence-corrected chi connectivity index (χ4v) is 2.23. The third kappa shape index (κ3) is 2.82. The highest BCUT2D eigenvalue weighted by Gasteiger charge is 2.04. The minimum absolute atomic E-state index is 0.793. The summed E-state index contributed by atoms with van der Waals surface area (Å²) in [5.41, 5.74) is 4.21. The molecule has 0 saturated carbocycles. The van der Waals surface area contributed by atoms with Crippen molar-refractivity contribution in [2.75, 3.05) is 11.9 Å². The number of aromatic nitrogens is 1. The summed E-state index contributed by atoms with van der Waals surface area (Å²) in [6.45, 7) is 2.96. The Morgan fingerprint density at radius 1 is 1.10 bits per heavy atom. The second kappa shape index (κ2) is 5.78. The van der Waals surface area contributed by atoms with Crippen molar-refractivity contribution < 1.29 is 4.42 Å². The number of nitrogens with one attached hydrogen (secondary N) is 1. The molecule has 3 aromatic rings. The number of nitrogens with zero attached hydrogens (tertiary/aromatic N) is 1. The van der Waals surface area contributed by atoms with Crippen LogP contribution in [0.2, 0.25) is 0 Å². The molecule has 2 aromatic carbocycles. The molecule has 0 aliphatic carbocycles. The Kier molecular flexibility index (Phi) is 3.68. The van der Waals surface area contributed by atoms with E-state index in [1.54, 1.807) is 0 Å². The van der Waals surface area contributed by atoms with Crippen LogP contribution in [0, 0.1) is 0 Å². The molecule has 0 atom stereocenters.